The fourth-order valence-corrected chi connectivity index (χ4v) is 9.59. The van der Waals surface area contributed by atoms with Crippen molar-refractivity contribution in [2.75, 3.05) is 0 Å². The molecular weight excluding hydrogens is 1000 g/mol. The first kappa shape index (κ1) is 56.9. The molecule has 1 aliphatic carbocycles. The SMILES string of the molecule is Cc1ccc(S(=O)(=O)[O-])cc1.Cc1ccc(S(=O)(=O)[O-])cc1.c1ccc(CO[C@H]2[C@H](OCc3ccccc3)[C@@H](OCc3ccccc3)[C@@H]([NH2+]Cc3ccccn3)[C@@H]([NH2+]Cc3ccccn3)[C@@H]2OCc2ccccc2)cc1. The van der Waals surface area contributed by atoms with Crippen molar-refractivity contribution in [2.45, 2.75) is 99.7 Å². The zero-order chi connectivity index (χ0) is 53.6. The third-order valence-electron chi connectivity index (χ3n) is 12.6. The highest BCUT2D eigenvalue weighted by atomic mass is 32.2. The van der Waals surface area contributed by atoms with Crippen molar-refractivity contribution in [3.63, 3.8) is 0 Å². The molecular formula is C60H64N4O10S2. The minimum absolute atomic E-state index is 0.113. The van der Waals surface area contributed by atoms with E-state index in [9.17, 15) is 25.9 Å². The molecule has 0 bridgehead atoms. The molecule has 76 heavy (non-hydrogen) atoms. The number of quaternary nitrogens is 2. The van der Waals surface area contributed by atoms with E-state index in [1.807, 2.05) is 99.0 Å². The maximum Gasteiger partial charge on any atom is 0.170 e. The average Bonchev–Trinajstić information content (AvgIpc) is 3.45. The van der Waals surface area contributed by atoms with Crippen molar-refractivity contribution in [1.82, 2.24) is 9.97 Å². The topological polar surface area (TPSA) is 210 Å². The molecule has 1 saturated carbocycles. The zero-order valence-corrected chi connectivity index (χ0v) is 44.1. The summed E-state index contributed by atoms with van der Waals surface area (Å²) in [6, 6.07) is 64.8. The van der Waals surface area contributed by atoms with Crippen LogP contribution in [0.2, 0.25) is 0 Å². The molecule has 0 radical (unpaired) electrons. The van der Waals surface area contributed by atoms with Crippen LogP contribution in [0.5, 0.6) is 0 Å². The quantitative estimate of drug-likeness (QED) is 0.0727. The van der Waals surface area contributed by atoms with Gasteiger partial charge in [-0.25, -0.2) is 16.8 Å². The van der Waals surface area contributed by atoms with Crippen molar-refractivity contribution in [2.24, 2.45) is 0 Å². The maximum atomic E-state index is 10.4. The van der Waals surface area contributed by atoms with E-state index in [4.69, 9.17) is 18.9 Å². The van der Waals surface area contributed by atoms with E-state index in [1.165, 1.54) is 24.3 Å². The van der Waals surface area contributed by atoms with Gasteiger partial charge in [-0.2, -0.15) is 0 Å². The molecule has 9 rings (SSSR count). The Morgan fingerprint density at radius 2 is 0.658 bits per heavy atom. The highest BCUT2D eigenvalue weighted by Gasteiger charge is 2.58. The second kappa shape index (κ2) is 28.9. The summed E-state index contributed by atoms with van der Waals surface area (Å²) in [4.78, 5) is 9.02. The van der Waals surface area contributed by atoms with E-state index in [1.54, 1.807) is 24.3 Å². The van der Waals surface area contributed by atoms with Crippen LogP contribution in [-0.4, -0.2) is 72.4 Å². The monoisotopic (exact) mass is 1060 g/mol. The van der Waals surface area contributed by atoms with Gasteiger partial charge in [0.15, 0.2) is 12.1 Å². The van der Waals surface area contributed by atoms with Gasteiger partial charge in [-0.05, 0) is 84.6 Å². The Labute approximate surface area is 446 Å². The van der Waals surface area contributed by atoms with Crippen LogP contribution in [0.25, 0.3) is 0 Å². The van der Waals surface area contributed by atoms with Crippen molar-refractivity contribution < 1.29 is 55.5 Å². The van der Waals surface area contributed by atoms with Crippen LogP contribution in [0.1, 0.15) is 44.8 Å². The fourth-order valence-electron chi connectivity index (χ4n) is 8.65. The number of hydrogen-bond donors (Lipinski definition) is 2. The predicted octanol–water partition coefficient (Wildman–Crippen LogP) is 7.19. The van der Waals surface area contributed by atoms with Crippen LogP contribution in [0.3, 0.4) is 0 Å². The Hall–Kier alpha value is -6.80. The smallest absolute Gasteiger partial charge is 0.170 e. The second-order valence-corrected chi connectivity index (χ2v) is 21.0. The van der Waals surface area contributed by atoms with Crippen LogP contribution in [0, 0.1) is 13.8 Å². The van der Waals surface area contributed by atoms with E-state index >= 15 is 0 Å². The molecule has 16 heteroatoms. The summed E-state index contributed by atoms with van der Waals surface area (Å²) in [5.74, 6) is 0. The van der Waals surface area contributed by atoms with Crippen LogP contribution >= 0.6 is 0 Å². The van der Waals surface area contributed by atoms with Crippen molar-refractivity contribution in [3.05, 3.63) is 263 Å². The number of aromatic nitrogens is 2. The number of hydrogen-bond acceptors (Lipinski definition) is 12. The van der Waals surface area contributed by atoms with E-state index < -0.39 is 32.4 Å². The van der Waals surface area contributed by atoms with Crippen LogP contribution in [0.15, 0.2) is 228 Å². The number of aryl methyl sites for hydroxylation is 2. The lowest BCUT2D eigenvalue weighted by atomic mass is 9.80. The first-order valence-corrected chi connectivity index (χ1v) is 27.8. The normalized spacial score (nSPS) is 18.3. The van der Waals surface area contributed by atoms with Gasteiger partial charge in [0.25, 0.3) is 0 Å². The van der Waals surface area contributed by atoms with Gasteiger partial charge in [0.1, 0.15) is 57.7 Å². The van der Waals surface area contributed by atoms with Gasteiger partial charge in [-0.3, -0.25) is 9.97 Å². The van der Waals surface area contributed by atoms with Gasteiger partial charge in [-0.15, -0.1) is 0 Å². The number of pyridine rings is 2. The van der Waals surface area contributed by atoms with E-state index in [2.05, 4.69) is 106 Å². The summed E-state index contributed by atoms with van der Waals surface area (Å²) in [5, 5.41) is 4.73. The molecule has 2 aromatic heterocycles. The number of nitrogens with zero attached hydrogens (tertiary/aromatic N) is 2. The van der Waals surface area contributed by atoms with Gasteiger partial charge in [-0.1, -0.05) is 169 Å². The lowest BCUT2D eigenvalue weighted by Crippen LogP contribution is -3.08. The molecule has 396 valence electrons. The van der Waals surface area contributed by atoms with Gasteiger partial charge in [0.2, 0.25) is 0 Å². The minimum Gasteiger partial charge on any atom is -0.744 e. The predicted molar refractivity (Wildman–Crippen MR) is 286 cm³/mol. The third kappa shape index (κ3) is 18.2. The first-order chi connectivity index (χ1) is 36.8. The number of nitrogens with two attached hydrogens (primary N) is 2. The summed E-state index contributed by atoms with van der Waals surface area (Å²) in [6.07, 6.45) is 2.01. The molecule has 14 nitrogen and oxygen atoms in total. The largest absolute Gasteiger partial charge is 0.744 e. The van der Waals surface area contributed by atoms with Crippen LogP contribution in [-0.2, 0) is 78.7 Å². The Kier molecular flexibility index (Phi) is 21.7. The highest BCUT2D eigenvalue weighted by molar-refractivity contribution is 7.86. The van der Waals surface area contributed by atoms with Gasteiger partial charge < -0.3 is 38.7 Å². The summed E-state index contributed by atoms with van der Waals surface area (Å²) in [5.41, 5.74) is 8.21. The zero-order valence-electron chi connectivity index (χ0n) is 42.4. The van der Waals surface area contributed by atoms with E-state index in [0.29, 0.717) is 39.5 Å². The Morgan fingerprint density at radius 1 is 0.382 bits per heavy atom. The lowest BCUT2D eigenvalue weighted by molar-refractivity contribution is -0.803. The molecule has 0 amide bonds. The summed E-state index contributed by atoms with van der Waals surface area (Å²) < 4.78 is 90.6. The highest BCUT2D eigenvalue weighted by Crippen LogP contribution is 2.31. The Morgan fingerprint density at radius 3 is 0.921 bits per heavy atom. The molecule has 8 aromatic rings. The molecule has 6 atom stereocenters. The summed E-state index contributed by atoms with van der Waals surface area (Å²) in [6.45, 7) is 6.64. The summed E-state index contributed by atoms with van der Waals surface area (Å²) >= 11 is 0. The standard InChI is InChI=1S/C46H48N4O4.2C7H8O3S/c1-5-17-35(18-6-1)31-51-43-41(49-29-39-25-13-15-27-47-39)42(50-30-40-26-14-16-28-48-40)44(52-32-36-19-7-2-8-20-36)46(54-34-38-23-11-4-12-24-38)45(43)53-33-37-21-9-3-10-22-37;2*1-6-2-4-7(5-3-6)11(8,9)10/h1-28,41-46,49-50H,29-34H2;2*2-5H,1H3,(H,8,9,10)/t41-,42+,43-,44-,45+,46+;;/m0../s1. The van der Waals surface area contributed by atoms with E-state index in [0.717, 1.165) is 44.8 Å². The van der Waals surface area contributed by atoms with Crippen LogP contribution < -0.4 is 10.6 Å². The molecule has 1 aliphatic rings. The van der Waals surface area contributed by atoms with Crippen molar-refractivity contribution in [1.29, 1.82) is 0 Å². The second-order valence-electron chi connectivity index (χ2n) is 18.3. The van der Waals surface area contributed by atoms with E-state index in [-0.39, 0.29) is 34.1 Å². The molecule has 0 unspecified atom stereocenters. The Balaban J connectivity index is 0.000000314. The molecule has 0 saturated heterocycles. The number of ether oxygens (including phenoxy) is 4. The summed E-state index contributed by atoms with van der Waals surface area (Å²) in [7, 11) is -8.54. The third-order valence-corrected chi connectivity index (χ3v) is 14.3. The number of rotatable bonds is 20. The van der Waals surface area contributed by atoms with Crippen molar-refractivity contribution in [3.8, 4) is 0 Å². The lowest BCUT2D eigenvalue weighted by Gasteiger charge is -2.47. The molecule has 6 aromatic carbocycles. The Bertz CT molecular complexity index is 2680. The average molecular weight is 1070 g/mol. The van der Waals surface area contributed by atoms with Crippen LogP contribution in [0.4, 0.5) is 0 Å². The van der Waals surface area contributed by atoms with Gasteiger partial charge >= 0.3 is 0 Å². The van der Waals surface area contributed by atoms with Crippen molar-refractivity contribution >= 4 is 20.2 Å². The van der Waals surface area contributed by atoms with Gasteiger partial charge in [0, 0.05) is 12.4 Å². The molecule has 0 aliphatic heterocycles. The molecule has 0 spiro atoms. The number of benzene rings is 6. The minimum atomic E-state index is -4.27. The fraction of sp³-hybridized carbons (Fsp3) is 0.233. The maximum absolute atomic E-state index is 10.4. The molecule has 1 fully saturated rings. The molecule has 4 N–H and O–H groups in total. The first-order valence-electron chi connectivity index (χ1n) is 24.9. The molecule has 2 heterocycles. The van der Waals surface area contributed by atoms with Gasteiger partial charge in [0.05, 0.1) is 47.6 Å².